The van der Waals surface area contributed by atoms with Crippen molar-refractivity contribution in [2.75, 3.05) is 0 Å². The Bertz CT molecular complexity index is 550. The van der Waals surface area contributed by atoms with Gasteiger partial charge < -0.3 is 0 Å². The van der Waals surface area contributed by atoms with Gasteiger partial charge in [-0.2, -0.15) is 0 Å². The standard InChI is InChI=1S/C13H11BrClFS/c1-7-5-8(2)17-13(7)12(14)9-3-4-11(16)10(15)6-9/h3-6,12H,1-2H3. The monoisotopic (exact) mass is 332 g/mol. The molecule has 0 N–H and O–H groups in total. The highest BCUT2D eigenvalue weighted by atomic mass is 79.9. The Morgan fingerprint density at radius 2 is 2.00 bits per heavy atom. The number of aryl methyl sites for hydroxylation is 2. The van der Waals surface area contributed by atoms with Crippen LogP contribution in [0.1, 0.15) is 25.7 Å². The van der Waals surface area contributed by atoms with Crippen LogP contribution in [0.2, 0.25) is 5.02 Å². The first-order valence-corrected chi connectivity index (χ1v) is 7.26. The number of benzene rings is 1. The Labute approximate surface area is 118 Å². The highest BCUT2D eigenvalue weighted by Crippen LogP contribution is 2.38. The van der Waals surface area contributed by atoms with Crippen LogP contribution in [0.4, 0.5) is 4.39 Å². The van der Waals surface area contributed by atoms with Gasteiger partial charge in [-0.15, -0.1) is 11.3 Å². The summed E-state index contributed by atoms with van der Waals surface area (Å²) in [6, 6.07) is 6.99. The summed E-state index contributed by atoms with van der Waals surface area (Å²) in [5.74, 6) is -0.380. The smallest absolute Gasteiger partial charge is 0.141 e. The summed E-state index contributed by atoms with van der Waals surface area (Å²) in [6.45, 7) is 4.16. The van der Waals surface area contributed by atoms with Gasteiger partial charge >= 0.3 is 0 Å². The molecule has 0 saturated heterocycles. The van der Waals surface area contributed by atoms with Crippen LogP contribution in [0.15, 0.2) is 24.3 Å². The minimum Gasteiger partial charge on any atom is -0.205 e. The van der Waals surface area contributed by atoms with Crippen LogP contribution in [-0.4, -0.2) is 0 Å². The van der Waals surface area contributed by atoms with Crippen molar-refractivity contribution in [3.8, 4) is 0 Å². The van der Waals surface area contributed by atoms with E-state index in [4.69, 9.17) is 11.6 Å². The van der Waals surface area contributed by atoms with E-state index in [1.54, 1.807) is 23.5 Å². The average molecular weight is 334 g/mol. The molecule has 0 aliphatic rings. The van der Waals surface area contributed by atoms with E-state index in [-0.39, 0.29) is 15.7 Å². The van der Waals surface area contributed by atoms with E-state index in [1.807, 2.05) is 0 Å². The lowest BCUT2D eigenvalue weighted by Crippen LogP contribution is -1.92. The molecule has 1 aromatic heterocycles. The number of alkyl halides is 1. The second-order valence-corrected chi connectivity index (χ2v) is 6.55. The van der Waals surface area contributed by atoms with Crippen molar-refractivity contribution in [3.05, 3.63) is 56.0 Å². The molecule has 0 bridgehead atoms. The van der Waals surface area contributed by atoms with E-state index < -0.39 is 0 Å². The quantitative estimate of drug-likeness (QED) is 0.624. The molecule has 1 heterocycles. The third-order valence-corrected chi connectivity index (χ3v) is 5.34. The Morgan fingerprint density at radius 1 is 1.29 bits per heavy atom. The van der Waals surface area contributed by atoms with Crippen LogP contribution < -0.4 is 0 Å². The zero-order chi connectivity index (χ0) is 12.6. The minimum absolute atomic E-state index is 0.0688. The SMILES string of the molecule is Cc1cc(C)c(C(Br)c2ccc(F)c(Cl)c2)s1. The van der Waals surface area contributed by atoms with Gasteiger partial charge in [-0.3, -0.25) is 0 Å². The van der Waals surface area contributed by atoms with Crippen molar-refractivity contribution >= 4 is 38.9 Å². The lowest BCUT2D eigenvalue weighted by molar-refractivity contribution is 0.627. The molecule has 1 atom stereocenters. The molecule has 2 rings (SSSR count). The largest absolute Gasteiger partial charge is 0.205 e. The molecule has 1 aromatic carbocycles. The third kappa shape index (κ3) is 2.72. The molecule has 0 amide bonds. The van der Waals surface area contributed by atoms with Gasteiger partial charge in [-0.1, -0.05) is 33.6 Å². The Balaban J connectivity index is 2.40. The predicted molar refractivity (Wildman–Crippen MR) is 76.0 cm³/mol. The highest BCUT2D eigenvalue weighted by Gasteiger charge is 2.16. The number of thiophene rings is 1. The number of hydrogen-bond acceptors (Lipinski definition) is 1. The van der Waals surface area contributed by atoms with Gasteiger partial charge in [0.1, 0.15) is 5.82 Å². The number of halogens is 3. The van der Waals surface area contributed by atoms with Crippen LogP contribution in [0.5, 0.6) is 0 Å². The molecule has 90 valence electrons. The Kier molecular flexibility index (Phi) is 3.91. The van der Waals surface area contributed by atoms with E-state index in [2.05, 4.69) is 35.8 Å². The van der Waals surface area contributed by atoms with Crippen molar-refractivity contribution in [1.82, 2.24) is 0 Å². The van der Waals surface area contributed by atoms with Gasteiger partial charge in [-0.05, 0) is 43.2 Å². The summed E-state index contributed by atoms with van der Waals surface area (Å²) in [6.07, 6.45) is 0. The molecular weight excluding hydrogens is 323 g/mol. The molecule has 17 heavy (non-hydrogen) atoms. The molecule has 0 aliphatic heterocycles. The van der Waals surface area contributed by atoms with Crippen LogP contribution >= 0.6 is 38.9 Å². The lowest BCUT2D eigenvalue weighted by Gasteiger charge is -2.10. The molecule has 0 fully saturated rings. The fourth-order valence-electron chi connectivity index (χ4n) is 1.73. The maximum atomic E-state index is 13.1. The molecule has 0 radical (unpaired) electrons. The normalized spacial score (nSPS) is 12.8. The summed E-state index contributed by atoms with van der Waals surface area (Å²) >= 11 is 11.2. The third-order valence-electron chi connectivity index (χ3n) is 2.55. The van der Waals surface area contributed by atoms with E-state index in [0.717, 1.165) is 5.56 Å². The van der Waals surface area contributed by atoms with Gasteiger partial charge in [0.25, 0.3) is 0 Å². The first kappa shape index (κ1) is 13.1. The molecule has 4 heteroatoms. The van der Waals surface area contributed by atoms with Gasteiger partial charge in [0.15, 0.2) is 0 Å². The van der Waals surface area contributed by atoms with Crippen LogP contribution in [0.3, 0.4) is 0 Å². The van der Waals surface area contributed by atoms with E-state index >= 15 is 0 Å². The van der Waals surface area contributed by atoms with Gasteiger partial charge in [0.2, 0.25) is 0 Å². The summed E-state index contributed by atoms with van der Waals surface area (Å²) in [7, 11) is 0. The molecule has 0 saturated carbocycles. The second-order valence-electron chi connectivity index (χ2n) is 3.94. The highest BCUT2D eigenvalue weighted by molar-refractivity contribution is 9.09. The molecule has 0 nitrogen and oxygen atoms in total. The van der Waals surface area contributed by atoms with Crippen LogP contribution in [0.25, 0.3) is 0 Å². The van der Waals surface area contributed by atoms with Crippen molar-refractivity contribution in [2.24, 2.45) is 0 Å². The summed E-state index contributed by atoms with van der Waals surface area (Å²) < 4.78 is 13.1. The first-order chi connectivity index (χ1) is 7.99. The van der Waals surface area contributed by atoms with Crippen LogP contribution in [0, 0.1) is 19.7 Å². The van der Waals surface area contributed by atoms with Crippen molar-refractivity contribution in [3.63, 3.8) is 0 Å². The predicted octanol–water partition coefficient (Wildman–Crippen LogP) is 5.64. The topological polar surface area (TPSA) is 0 Å². The fourth-order valence-corrected chi connectivity index (χ4v) is 3.89. The fraction of sp³-hybridized carbons (Fsp3) is 0.231. The summed E-state index contributed by atoms with van der Waals surface area (Å²) in [4.78, 5) is 2.58. The van der Waals surface area contributed by atoms with Gasteiger partial charge in [-0.25, -0.2) is 4.39 Å². The Morgan fingerprint density at radius 3 is 2.53 bits per heavy atom. The first-order valence-electron chi connectivity index (χ1n) is 5.15. The number of rotatable bonds is 2. The lowest BCUT2D eigenvalue weighted by atomic mass is 10.1. The van der Waals surface area contributed by atoms with Gasteiger partial charge in [0, 0.05) is 9.75 Å². The Hall–Kier alpha value is -0.380. The molecular formula is C13H11BrClFS. The van der Waals surface area contributed by atoms with Gasteiger partial charge in [0.05, 0.1) is 9.85 Å². The van der Waals surface area contributed by atoms with Crippen LogP contribution in [-0.2, 0) is 0 Å². The molecule has 1 unspecified atom stereocenters. The summed E-state index contributed by atoms with van der Waals surface area (Å²) in [5, 5.41) is 0.165. The maximum Gasteiger partial charge on any atom is 0.141 e. The zero-order valence-corrected chi connectivity index (χ0v) is 12.6. The molecule has 2 aromatic rings. The number of hydrogen-bond donors (Lipinski definition) is 0. The second kappa shape index (κ2) is 5.09. The van der Waals surface area contributed by atoms with Crippen molar-refractivity contribution in [2.45, 2.75) is 18.7 Å². The molecule has 0 aliphatic carbocycles. The summed E-state index contributed by atoms with van der Waals surface area (Å²) in [5.41, 5.74) is 2.22. The molecule has 0 spiro atoms. The average Bonchev–Trinajstić information content (AvgIpc) is 2.61. The van der Waals surface area contributed by atoms with E-state index in [9.17, 15) is 4.39 Å². The zero-order valence-electron chi connectivity index (χ0n) is 9.43. The van der Waals surface area contributed by atoms with E-state index in [0.29, 0.717) is 0 Å². The van der Waals surface area contributed by atoms with E-state index in [1.165, 1.54) is 21.4 Å². The minimum atomic E-state index is -0.380. The van der Waals surface area contributed by atoms with Crippen molar-refractivity contribution in [1.29, 1.82) is 0 Å². The maximum absolute atomic E-state index is 13.1. The van der Waals surface area contributed by atoms with Crippen molar-refractivity contribution < 1.29 is 4.39 Å².